The van der Waals surface area contributed by atoms with Crippen LogP contribution >= 0.6 is 0 Å². The summed E-state index contributed by atoms with van der Waals surface area (Å²) in [6, 6.07) is 0. The molecule has 0 aliphatic rings. The van der Waals surface area contributed by atoms with Crippen molar-refractivity contribution in [3.8, 4) is 0 Å². The molecule has 0 radical (unpaired) electrons. The molecule has 0 saturated carbocycles. The third-order valence-electron chi connectivity index (χ3n) is 0.886. The lowest BCUT2D eigenvalue weighted by molar-refractivity contribution is -0.113. The quantitative estimate of drug-likeness (QED) is 0.449. The number of Topliss-reactive ketones (excluding diaryl/α,β-unsaturated/α-hetero) is 1. The molecule has 1 heteroatoms. The molecule has 0 atom stereocenters. The van der Waals surface area contributed by atoms with E-state index in [1.807, 2.05) is 13.8 Å². The maximum atomic E-state index is 10.5. The molecule has 1 nitrogen and oxygen atoms in total. The Hall–Kier alpha value is -1.11. The molecule has 0 fully saturated rings. The highest BCUT2D eigenvalue weighted by atomic mass is 16.1. The van der Waals surface area contributed by atoms with Crippen LogP contribution < -0.4 is 0 Å². The molecule has 0 heterocycles. The second-order valence-electron chi connectivity index (χ2n) is 1.68. The van der Waals surface area contributed by atoms with Crippen molar-refractivity contribution in [2.45, 2.75) is 20.8 Å². The van der Waals surface area contributed by atoms with Crippen molar-refractivity contribution in [1.29, 1.82) is 0 Å². The molecule has 11 heavy (non-hydrogen) atoms. The van der Waals surface area contributed by atoms with Gasteiger partial charge in [-0.2, -0.15) is 0 Å². The summed E-state index contributed by atoms with van der Waals surface area (Å²) in [5, 5.41) is 0. The zero-order valence-corrected chi connectivity index (χ0v) is 7.55. The van der Waals surface area contributed by atoms with Crippen molar-refractivity contribution in [3.05, 3.63) is 37.0 Å². The van der Waals surface area contributed by atoms with E-state index in [1.54, 1.807) is 18.2 Å². The molecule has 0 bridgehead atoms. The largest absolute Gasteiger partial charge is 0.295 e. The average molecular weight is 152 g/mol. The Morgan fingerprint density at radius 1 is 1.36 bits per heavy atom. The summed E-state index contributed by atoms with van der Waals surface area (Å²) in [6.07, 6.45) is 4.92. The summed E-state index contributed by atoms with van der Waals surface area (Å²) >= 11 is 0. The Labute approximate surface area is 69.1 Å². The fraction of sp³-hybridized carbons (Fsp3) is 0.300. The first-order chi connectivity index (χ1) is 5.18. The van der Waals surface area contributed by atoms with Gasteiger partial charge in [-0.15, -0.1) is 0 Å². The van der Waals surface area contributed by atoms with Crippen molar-refractivity contribution in [1.82, 2.24) is 0 Å². The lowest BCUT2D eigenvalue weighted by atomic mass is 10.2. The zero-order valence-electron chi connectivity index (χ0n) is 7.55. The Morgan fingerprint density at radius 3 is 2.09 bits per heavy atom. The summed E-state index contributed by atoms with van der Waals surface area (Å²) in [6.45, 7) is 12.4. The average Bonchev–Trinajstić information content (AvgIpc) is 2.03. The Morgan fingerprint density at radius 2 is 1.82 bits per heavy atom. The molecule has 0 amide bonds. The molecule has 0 aliphatic carbocycles. The number of allylic oxidation sites excluding steroid dienone is 4. The number of ketones is 1. The number of rotatable bonds is 3. The molecule has 0 rings (SSSR count). The van der Waals surface area contributed by atoms with Gasteiger partial charge in [0.15, 0.2) is 5.78 Å². The van der Waals surface area contributed by atoms with Crippen LogP contribution in [0.15, 0.2) is 37.0 Å². The van der Waals surface area contributed by atoms with Crippen LogP contribution in [0.1, 0.15) is 20.8 Å². The van der Waals surface area contributed by atoms with Gasteiger partial charge in [-0.3, -0.25) is 4.79 Å². The van der Waals surface area contributed by atoms with Gasteiger partial charge in [0.2, 0.25) is 0 Å². The Kier molecular flexibility index (Phi) is 10.1. The second-order valence-corrected chi connectivity index (χ2v) is 1.68. The maximum Gasteiger partial charge on any atom is 0.159 e. The fourth-order valence-electron chi connectivity index (χ4n) is 0.302. The predicted molar refractivity (Wildman–Crippen MR) is 50.5 cm³/mol. The van der Waals surface area contributed by atoms with Gasteiger partial charge in [0.05, 0.1) is 0 Å². The lowest BCUT2D eigenvalue weighted by Crippen LogP contribution is -1.89. The molecule has 62 valence electrons. The summed E-state index contributed by atoms with van der Waals surface area (Å²) < 4.78 is 0. The first kappa shape index (κ1) is 12.6. The number of carbonyl (C=O) groups excluding carboxylic acids is 1. The van der Waals surface area contributed by atoms with Gasteiger partial charge in [0, 0.05) is 5.57 Å². The first-order valence-electron chi connectivity index (χ1n) is 3.67. The van der Waals surface area contributed by atoms with E-state index >= 15 is 0 Å². The number of hydrogen-bond acceptors (Lipinski definition) is 1. The summed E-state index contributed by atoms with van der Waals surface area (Å²) in [7, 11) is 0. The van der Waals surface area contributed by atoms with Crippen LogP contribution in [0.25, 0.3) is 0 Å². The summed E-state index contributed by atoms with van der Waals surface area (Å²) in [4.78, 5) is 10.5. The van der Waals surface area contributed by atoms with E-state index in [9.17, 15) is 4.79 Å². The summed E-state index contributed by atoms with van der Waals surface area (Å²) in [5.41, 5.74) is 0.509. The molecule has 0 N–H and O–H groups in total. The smallest absolute Gasteiger partial charge is 0.159 e. The molecule has 0 saturated heterocycles. The third kappa shape index (κ3) is 8.89. The molecule has 0 aliphatic heterocycles. The van der Waals surface area contributed by atoms with Gasteiger partial charge in [-0.1, -0.05) is 45.2 Å². The zero-order chi connectivity index (χ0) is 9.28. The van der Waals surface area contributed by atoms with E-state index < -0.39 is 0 Å². The topological polar surface area (TPSA) is 17.1 Å². The van der Waals surface area contributed by atoms with E-state index in [0.717, 1.165) is 0 Å². The molecule has 0 unspecified atom stereocenters. The van der Waals surface area contributed by atoms with Crippen molar-refractivity contribution in [2.24, 2.45) is 0 Å². The summed E-state index contributed by atoms with van der Waals surface area (Å²) in [5.74, 6) is -0.00639. The van der Waals surface area contributed by atoms with Gasteiger partial charge >= 0.3 is 0 Å². The van der Waals surface area contributed by atoms with Crippen molar-refractivity contribution in [3.63, 3.8) is 0 Å². The highest BCUT2D eigenvalue weighted by Gasteiger charge is 1.90. The van der Waals surface area contributed by atoms with Crippen LogP contribution in [0.2, 0.25) is 0 Å². The van der Waals surface area contributed by atoms with E-state index in [2.05, 4.69) is 13.2 Å². The number of carbonyl (C=O) groups is 1. The fourth-order valence-corrected chi connectivity index (χ4v) is 0.302. The van der Waals surface area contributed by atoms with E-state index in [0.29, 0.717) is 5.57 Å². The van der Waals surface area contributed by atoms with Crippen LogP contribution in [0.4, 0.5) is 0 Å². The van der Waals surface area contributed by atoms with Gasteiger partial charge in [0.1, 0.15) is 0 Å². The first-order valence-corrected chi connectivity index (χ1v) is 3.67. The molecule has 0 aromatic rings. The molecule has 0 aromatic carbocycles. The van der Waals surface area contributed by atoms with Crippen LogP contribution in [-0.2, 0) is 4.79 Å². The predicted octanol–water partition coefficient (Wildman–Crippen LogP) is 2.90. The van der Waals surface area contributed by atoms with Gasteiger partial charge in [-0.05, 0) is 6.92 Å². The highest BCUT2D eigenvalue weighted by Crippen LogP contribution is 1.92. The molecular formula is C10H16O. The van der Waals surface area contributed by atoms with E-state index in [4.69, 9.17) is 0 Å². The minimum Gasteiger partial charge on any atom is -0.295 e. The Balaban J connectivity index is 0. The minimum absolute atomic E-state index is 0.00639. The van der Waals surface area contributed by atoms with Gasteiger partial charge in [-0.25, -0.2) is 0 Å². The third-order valence-corrected chi connectivity index (χ3v) is 0.886. The SMILES string of the molecule is C=C/C=C\C(=C)C(C)=O.CC. The highest BCUT2D eigenvalue weighted by molar-refractivity contribution is 5.95. The lowest BCUT2D eigenvalue weighted by Gasteiger charge is -1.86. The van der Waals surface area contributed by atoms with Crippen LogP contribution in [0, 0.1) is 0 Å². The monoisotopic (exact) mass is 152 g/mol. The minimum atomic E-state index is -0.00639. The van der Waals surface area contributed by atoms with Crippen LogP contribution in [0.3, 0.4) is 0 Å². The molecular weight excluding hydrogens is 136 g/mol. The van der Waals surface area contributed by atoms with Gasteiger partial charge < -0.3 is 0 Å². The van der Waals surface area contributed by atoms with E-state index in [1.165, 1.54) is 6.92 Å². The Bertz CT molecular complexity index is 164. The van der Waals surface area contributed by atoms with Crippen LogP contribution in [-0.4, -0.2) is 5.78 Å². The van der Waals surface area contributed by atoms with Gasteiger partial charge in [0.25, 0.3) is 0 Å². The van der Waals surface area contributed by atoms with Crippen molar-refractivity contribution < 1.29 is 4.79 Å². The van der Waals surface area contributed by atoms with Crippen molar-refractivity contribution in [2.75, 3.05) is 0 Å². The second kappa shape index (κ2) is 8.89. The number of hydrogen-bond donors (Lipinski definition) is 0. The molecule has 0 spiro atoms. The van der Waals surface area contributed by atoms with Crippen molar-refractivity contribution >= 4 is 5.78 Å². The maximum absolute atomic E-state index is 10.5. The standard InChI is InChI=1S/C8H10O.C2H6/c1-4-5-6-7(2)8(3)9;1-2/h4-6H,1-2H2,3H3;1-2H3/b6-5-;. The van der Waals surface area contributed by atoms with E-state index in [-0.39, 0.29) is 5.78 Å². The molecule has 0 aromatic heterocycles. The van der Waals surface area contributed by atoms with Crippen LogP contribution in [0.5, 0.6) is 0 Å². The normalized spacial score (nSPS) is 8.27.